The van der Waals surface area contributed by atoms with E-state index in [1.807, 2.05) is 48.5 Å². The predicted octanol–water partition coefficient (Wildman–Crippen LogP) is 2.79. The molecule has 0 bridgehead atoms. The van der Waals surface area contributed by atoms with Crippen LogP contribution in [0.25, 0.3) is 5.69 Å². The van der Waals surface area contributed by atoms with Crippen molar-refractivity contribution in [2.75, 3.05) is 14.1 Å². The van der Waals surface area contributed by atoms with Crippen molar-refractivity contribution in [1.82, 2.24) is 14.7 Å². The zero-order valence-electron chi connectivity index (χ0n) is 15.3. The predicted molar refractivity (Wildman–Crippen MR) is 101 cm³/mol. The van der Waals surface area contributed by atoms with Gasteiger partial charge in [0, 0.05) is 31.4 Å². The molecule has 6 heteroatoms. The summed E-state index contributed by atoms with van der Waals surface area (Å²) in [7, 11) is 3.27. The van der Waals surface area contributed by atoms with Gasteiger partial charge in [-0.05, 0) is 12.1 Å². The number of nitrogens with zero attached hydrogens (tertiary/aromatic N) is 3. The van der Waals surface area contributed by atoms with Crippen LogP contribution >= 0.6 is 0 Å². The van der Waals surface area contributed by atoms with E-state index in [9.17, 15) is 9.59 Å². The molecule has 0 aliphatic carbocycles. The van der Waals surface area contributed by atoms with Gasteiger partial charge in [-0.1, -0.05) is 48.5 Å². The second-order valence-corrected chi connectivity index (χ2v) is 6.32. The fourth-order valence-corrected chi connectivity index (χ4v) is 2.64. The van der Waals surface area contributed by atoms with Gasteiger partial charge in [-0.25, -0.2) is 4.68 Å². The van der Waals surface area contributed by atoms with E-state index in [-0.39, 0.29) is 12.3 Å². The lowest BCUT2D eigenvalue weighted by Crippen LogP contribution is -2.31. The Morgan fingerprint density at radius 3 is 2.30 bits per heavy atom. The summed E-state index contributed by atoms with van der Waals surface area (Å²) < 4.78 is 7.21. The first-order chi connectivity index (χ1) is 13.0. The van der Waals surface area contributed by atoms with E-state index in [1.54, 1.807) is 43.3 Å². The van der Waals surface area contributed by atoms with Crippen molar-refractivity contribution in [3.05, 3.63) is 84.2 Å². The van der Waals surface area contributed by atoms with Crippen LogP contribution in [0.15, 0.2) is 73.1 Å². The maximum absolute atomic E-state index is 12.5. The SMILES string of the molecule is CN(C)C(=O)[C@H](OC(=O)Cc1cnn(-c2ccccc2)c1)c1ccccc1. The van der Waals surface area contributed by atoms with Crippen molar-refractivity contribution < 1.29 is 14.3 Å². The molecule has 0 aliphatic rings. The summed E-state index contributed by atoms with van der Waals surface area (Å²) in [5.74, 6) is -0.763. The van der Waals surface area contributed by atoms with E-state index in [1.165, 1.54) is 4.90 Å². The molecule has 0 aliphatic heterocycles. The largest absolute Gasteiger partial charge is 0.447 e. The second-order valence-electron chi connectivity index (χ2n) is 6.32. The topological polar surface area (TPSA) is 64.4 Å². The molecule has 1 amide bonds. The van der Waals surface area contributed by atoms with Gasteiger partial charge in [-0.15, -0.1) is 0 Å². The first kappa shape index (κ1) is 18.4. The number of esters is 1. The minimum Gasteiger partial charge on any atom is -0.447 e. The van der Waals surface area contributed by atoms with Crippen molar-refractivity contribution in [3.8, 4) is 5.69 Å². The first-order valence-corrected chi connectivity index (χ1v) is 8.59. The van der Waals surface area contributed by atoms with Crippen molar-refractivity contribution in [3.63, 3.8) is 0 Å². The molecule has 1 aromatic heterocycles. The number of hydrogen-bond acceptors (Lipinski definition) is 4. The highest BCUT2D eigenvalue weighted by molar-refractivity contribution is 5.85. The molecule has 1 atom stereocenters. The average Bonchev–Trinajstić information content (AvgIpc) is 3.15. The number of carbonyl (C=O) groups is 2. The lowest BCUT2D eigenvalue weighted by Gasteiger charge is -2.21. The van der Waals surface area contributed by atoms with Crippen LogP contribution in [0.3, 0.4) is 0 Å². The summed E-state index contributed by atoms with van der Waals surface area (Å²) in [6.07, 6.45) is 2.48. The van der Waals surface area contributed by atoms with E-state index in [0.717, 1.165) is 5.69 Å². The van der Waals surface area contributed by atoms with E-state index in [4.69, 9.17) is 4.74 Å². The standard InChI is InChI=1S/C21H21N3O3/c1-23(2)21(26)20(17-9-5-3-6-10-17)27-19(25)13-16-14-22-24(15-16)18-11-7-4-8-12-18/h3-12,14-15,20H,13H2,1-2H3/t20-/m1/s1. The molecule has 6 nitrogen and oxygen atoms in total. The molecule has 2 aromatic carbocycles. The molecule has 0 fully saturated rings. The molecule has 3 rings (SSSR count). The highest BCUT2D eigenvalue weighted by Gasteiger charge is 2.26. The van der Waals surface area contributed by atoms with E-state index < -0.39 is 12.1 Å². The van der Waals surface area contributed by atoms with Gasteiger partial charge in [0.15, 0.2) is 0 Å². The van der Waals surface area contributed by atoms with Gasteiger partial charge in [0.1, 0.15) is 0 Å². The van der Waals surface area contributed by atoms with E-state index in [0.29, 0.717) is 11.1 Å². The summed E-state index contributed by atoms with van der Waals surface area (Å²) in [6, 6.07) is 18.6. The van der Waals surface area contributed by atoms with Gasteiger partial charge >= 0.3 is 5.97 Å². The zero-order valence-corrected chi connectivity index (χ0v) is 15.3. The molecule has 0 saturated heterocycles. The van der Waals surface area contributed by atoms with Gasteiger partial charge in [0.25, 0.3) is 5.91 Å². The Morgan fingerprint density at radius 2 is 1.67 bits per heavy atom. The number of benzene rings is 2. The highest BCUT2D eigenvalue weighted by Crippen LogP contribution is 2.20. The molecule has 0 spiro atoms. The third kappa shape index (κ3) is 4.61. The number of aromatic nitrogens is 2. The van der Waals surface area contributed by atoms with Crippen LogP contribution in [0.4, 0.5) is 0 Å². The first-order valence-electron chi connectivity index (χ1n) is 8.59. The minimum atomic E-state index is -0.960. The Kier molecular flexibility index (Phi) is 5.66. The normalized spacial score (nSPS) is 11.6. The molecule has 0 N–H and O–H groups in total. The quantitative estimate of drug-likeness (QED) is 0.632. The maximum atomic E-state index is 12.5. The zero-order chi connectivity index (χ0) is 19.2. The summed E-state index contributed by atoms with van der Waals surface area (Å²) in [5.41, 5.74) is 2.26. The maximum Gasteiger partial charge on any atom is 0.311 e. The minimum absolute atomic E-state index is 0.0386. The highest BCUT2D eigenvalue weighted by atomic mass is 16.5. The van der Waals surface area contributed by atoms with Crippen LogP contribution in [0.1, 0.15) is 17.2 Å². The number of hydrogen-bond donors (Lipinski definition) is 0. The lowest BCUT2D eigenvalue weighted by molar-refractivity contribution is -0.159. The molecule has 3 aromatic rings. The Balaban J connectivity index is 1.71. The molecule has 0 radical (unpaired) electrons. The van der Waals surface area contributed by atoms with Gasteiger partial charge in [0.05, 0.1) is 18.3 Å². The number of carbonyl (C=O) groups excluding carboxylic acids is 2. The van der Waals surface area contributed by atoms with Crippen molar-refractivity contribution in [2.24, 2.45) is 0 Å². The molecule has 0 unspecified atom stereocenters. The van der Waals surface area contributed by atoms with Crippen LogP contribution in [0.5, 0.6) is 0 Å². The second kappa shape index (κ2) is 8.31. The molecular weight excluding hydrogens is 342 g/mol. The number of para-hydroxylation sites is 1. The molecule has 1 heterocycles. The van der Waals surface area contributed by atoms with Crippen LogP contribution < -0.4 is 0 Å². The van der Waals surface area contributed by atoms with E-state index >= 15 is 0 Å². The number of ether oxygens (including phenoxy) is 1. The number of rotatable bonds is 6. The number of amides is 1. The molecular formula is C21H21N3O3. The molecule has 27 heavy (non-hydrogen) atoms. The Hall–Kier alpha value is -3.41. The van der Waals surface area contributed by atoms with Crippen LogP contribution in [0, 0.1) is 0 Å². The summed E-state index contributed by atoms with van der Waals surface area (Å²) in [4.78, 5) is 26.3. The Labute approximate surface area is 158 Å². The van der Waals surface area contributed by atoms with Crippen LogP contribution in [-0.4, -0.2) is 40.7 Å². The van der Waals surface area contributed by atoms with Crippen molar-refractivity contribution >= 4 is 11.9 Å². The third-order valence-corrected chi connectivity index (χ3v) is 4.02. The molecule has 0 saturated carbocycles. The Bertz CT molecular complexity index is 905. The fraction of sp³-hybridized carbons (Fsp3) is 0.190. The third-order valence-electron chi connectivity index (χ3n) is 4.02. The van der Waals surface area contributed by atoms with E-state index in [2.05, 4.69) is 5.10 Å². The van der Waals surface area contributed by atoms with Crippen molar-refractivity contribution in [1.29, 1.82) is 0 Å². The summed E-state index contributed by atoms with van der Waals surface area (Å²) in [6.45, 7) is 0. The van der Waals surface area contributed by atoms with Gasteiger partial charge in [-0.2, -0.15) is 5.10 Å². The van der Waals surface area contributed by atoms with Gasteiger partial charge in [-0.3, -0.25) is 9.59 Å². The van der Waals surface area contributed by atoms with Crippen LogP contribution in [-0.2, 0) is 20.7 Å². The smallest absolute Gasteiger partial charge is 0.311 e. The number of likely N-dealkylation sites (N-methyl/N-ethyl adjacent to an activating group) is 1. The van der Waals surface area contributed by atoms with Gasteiger partial charge in [0.2, 0.25) is 6.10 Å². The molecule has 138 valence electrons. The fourth-order valence-electron chi connectivity index (χ4n) is 2.64. The Morgan fingerprint density at radius 1 is 1.04 bits per heavy atom. The lowest BCUT2D eigenvalue weighted by atomic mass is 10.1. The average molecular weight is 363 g/mol. The monoisotopic (exact) mass is 363 g/mol. The summed E-state index contributed by atoms with van der Waals surface area (Å²) >= 11 is 0. The van der Waals surface area contributed by atoms with Crippen molar-refractivity contribution in [2.45, 2.75) is 12.5 Å². The van der Waals surface area contributed by atoms with Gasteiger partial charge < -0.3 is 9.64 Å². The van der Waals surface area contributed by atoms with Crippen LogP contribution in [0.2, 0.25) is 0 Å². The summed E-state index contributed by atoms with van der Waals surface area (Å²) in [5, 5.41) is 4.27.